The third-order valence-corrected chi connectivity index (χ3v) is 4.77. The number of hydrogen-bond acceptors (Lipinski definition) is 3. The Bertz CT molecular complexity index is 886. The Hall–Kier alpha value is -3.08. The van der Waals surface area contributed by atoms with Gasteiger partial charge in [0, 0.05) is 24.2 Å². The predicted octanol–water partition coefficient (Wildman–Crippen LogP) is 3.01. The molecule has 132 valence electrons. The van der Waals surface area contributed by atoms with E-state index in [1.54, 1.807) is 4.90 Å². The van der Waals surface area contributed by atoms with Crippen molar-refractivity contribution in [2.45, 2.75) is 19.4 Å². The van der Waals surface area contributed by atoms with E-state index in [0.29, 0.717) is 19.6 Å². The minimum atomic E-state index is -0.647. The summed E-state index contributed by atoms with van der Waals surface area (Å²) in [6.07, 6.45) is 2.45. The Balaban J connectivity index is 1.63. The van der Waals surface area contributed by atoms with Crippen LogP contribution in [0, 0.1) is 6.92 Å². The molecule has 4 rings (SSSR count). The zero-order valence-corrected chi connectivity index (χ0v) is 14.6. The second-order valence-electron chi connectivity index (χ2n) is 6.64. The van der Waals surface area contributed by atoms with Crippen molar-refractivity contribution >= 4 is 23.6 Å². The number of ether oxygens (including phenoxy) is 1. The van der Waals surface area contributed by atoms with Crippen molar-refractivity contribution in [1.29, 1.82) is 0 Å². The molecule has 2 aromatic carbocycles. The Morgan fingerprint density at radius 1 is 1.15 bits per heavy atom. The molecule has 0 bridgehead atoms. The van der Waals surface area contributed by atoms with E-state index in [4.69, 9.17) is 4.74 Å². The lowest BCUT2D eigenvalue weighted by molar-refractivity contribution is -0.145. The molecule has 2 aliphatic heterocycles. The van der Waals surface area contributed by atoms with Crippen LogP contribution in [0.4, 0.5) is 5.69 Å². The molecule has 2 aliphatic rings. The van der Waals surface area contributed by atoms with Gasteiger partial charge >= 0.3 is 0 Å². The van der Waals surface area contributed by atoms with Gasteiger partial charge < -0.3 is 15.0 Å². The highest BCUT2D eigenvalue weighted by Crippen LogP contribution is 2.30. The third-order valence-electron chi connectivity index (χ3n) is 4.77. The van der Waals surface area contributed by atoms with Crippen molar-refractivity contribution in [1.82, 2.24) is 4.90 Å². The van der Waals surface area contributed by atoms with Crippen LogP contribution in [-0.4, -0.2) is 35.9 Å². The summed E-state index contributed by atoms with van der Waals surface area (Å²) in [5, 5.41) is 2.93. The highest BCUT2D eigenvalue weighted by molar-refractivity contribution is 6.01. The molecule has 1 N–H and O–H groups in total. The van der Waals surface area contributed by atoms with E-state index in [-0.39, 0.29) is 11.8 Å². The number of nitrogens with zero attached hydrogens (tertiary/aromatic N) is 1. The molecule has 5 heteroatoms. The van der Waals surface area contributed by atoms with Gasteiger partial charge in [0.05, 0.1) is 0 Å². The lowest BCUT2D eigenvalue weighted by atomic mass is 9.96. The van der Waals surface area contributed by atoms with Crippen molar-refractivity contribution < 1.29 is 14.3 Å². The fourth-order valence-corrected chi connectivity index (χ4v) is 3.25. The van der Waals surface area contributed by atoms with E-state index in [1.807, 2.05) is 61.5 Å². The zero-order valence-electron chi connectivity index (χ0n) is 14.6. The number of carbonyl (C=O) groups is 2. The summed E-state index contributed by atoms with van der Waals surface area (Å²) >= 11 is 0. The number of hydrogen-bond donors (Lipinski definition) is 1. The fraction of sp³-hybridized carbons (Fsp3) is 0.238. The SMILES string of the molecule is Cc1ccc(NC(=O)C(C2=Cc3ccccc3OC2)N2CCC2=O)cc1. The molecule has 2 aromatic rings. The number of amides is 2. The van der Waals surface area contributed by atoms with Gasteiger partial charge in [-0.15, -0.1) is 0 Å². The van der Waals surface area contributed by atoms with E-state index in [9.17, 15) is 9.59 Å². The molecule has 0 saturated carbocycles. The molecule has 1 fully saturated rings. The van der Waals surface area contributed by atoms with Gasteiger partial charge in [-0.2, -0.15) is 0 Å². The average molecular weight is 348 g/mol. The number of benzene rings is 2. The quantitative estimate of drug-likeness (QED) is 0.864. The topological polar surface area (TPSA) is 58.6 Å². The molecule has 1 atom stereocenters. The van der Waals surface area contributed by atoms with Gasteiger partial charge in [-0.1, -0.05) is 35.9 Å². The number of carbonyl (C=O) groups excluding carboxylic acids is 2. The van der Waals surface area contributed by atoms with Gasteiger partial charge in [-0.05, 0) is 36.8 Å². The number of β-lactam (4-membered cyclic amide) rings is 1. The number of para-hydroxylation sites is 1. The molecule has 26 heavy (non-hydrogen) atoms. The molecular formula is C21H20N2O3. The first-order chi connectivity index (χ1) is 12.6. The molecule has 1 unspecified atom stereocenters. The first-order valence-electron chi connectivity index (χ1n) is 8.71. The van der Waals surface area contributed by atoms with E-state index < -0.39 is 6.04 Å². The van der Waals surface area contributed by atoms with Crippen LogP contribution >= 0.6 is 0 Å². The van der Waals surface area contributed by atoms with Gasteiger partial charge in [0.25, 0.3) is 5.91 Å². The summed E-state index contributed by atoms with van der Waals surface area (Å²) in [6.45, 7) is 2.88. The summed E-state index contributed by atoms with van der Waals surface area (Å²) in [5.74, 6) is 0.578. The van der Waals surface area contributed by atoms with Crippen LogP contribution in [0.15, 0.2) is 54.1 Å². The van der Waals surface area contributed by atoms with Crippen LogP contribution in [0.5, 0.6) is 5.75 Å². The summed E-state index contributed by atoms with van der Waals surface area (Å²) in [7, 11) is 0. The summed E-state index contributed by atoms with van der Waals surface area (Å²) in [4.78, 5) is 26.6. The highest BCUT2D eigenvalue weighted by atomic mass is 16.5. The number of likely N-dealkylation sites (tertiary alicyclic amines) is 1. The maximum absolute atomic E-state index is 13.0. The van der Waals surface area contributed by atoms with Gasteiger partial charge in [-0.25, -0.2) is 0 Å². The van der Waals surface area contributed by atoms with Gasteiger partial charge in [0.2, 0.25) is 5.91 Å². The predicted molar refractivity (Wildman–Crippen MR) is 99.8 cm³/mol. The van der Waals surface area contributed by atoms with Crippen LogP contribution in [0.25, 0.3) is 6.08 Å². The molecule has 0 spiro atoms. The van der Waals surface area contributed by atoms with Crippen LogP contribution in [-0.2, 0) is 9.59 Å². The first-order valence-corrected chi connectivity index (χ1v) is 8.71. The normalized spacial score (nSPS) is 16.7. The van der Waals surface area contributed by atoms with Crippen LogP contribution < -0.4 is 10.1 Å². The summed E-state index contributed by atoms with van der Waals surface area (Å²) in [5.41, 5.74) is 3.56. The second-order valence-corrected chi connectivity index (χ2v) is 6.64. The monoisotopic (exact) mass is 348 g/mol. The molecule has 0 radical (unpaired) electrons. The van der Waals surface area contributed by atoms with E-state index >= 15 is 0 Å². The molecule has 2 heterocycles. The third kappa shape index (κ3) is 3.08. The smallest absolute Gasteiger partial charge is 0.251 e. The average Bonchev–Trinajstić information content (AvgIpc) is 2.66. The molecular weight excluding hydrogens is 328 g/mol. The molecule has 0 aliphatic carbocycles. The number of anilines is 1. The van der Waals surface area contributed by atoms with Crippen LogP contribution in [0.2, 0.25) is 0 Å². The molecule has 5 nitrogen and oxygen atoms in total. The standard InChI is InChI=1S/C21H20N2O3/c1-14-6-8-17(9-7-14)22-21(25)20(23-11-10-19(23)24)16-12-15-4-2-3-5-18(15)26-13-16/h2-9,12,20H,10-11,13H2,1H3,(H,22,25). The maximum atomic E-state index is 13.0. The van der Waals surface area contributed by atoms with Gasteiger partial charge in [-0.3, -0.25) is 9.59 Å². The second kappa shape index (κ2) is 6.67. The van der Waals surface area contributed by atoms with Crippen molar-refractivity contribution in [3.05, 3.63) is 65.2 Å². The minimum Gasteiger partial charge on any atom is -0.489 e. The van der Waals surface area contributed by atoms with E-state index in [2.05, 4.69) is 5.32 Å². The number of rotatable bonds is 4. The highest BCUT2D eigenvalue weighted by Gasteiger charge is 2.38. The van der Waals surface area contributed by atoms with E-state index in [0.717, 1.165) is 28.1 Å². The van der Waals surface area contributed by atoms with Crippen molar-refractivity contribution in [3.63, 3.8) is 0 Å². The number of aryl methyl sites for hydroxylation is 1. The molecule has 1 saturated heterocycles. The van der Waals surface area contributed by atoms with E-state index in [1.165, 1.54) is 0 Å². The fourth-order valence-electron chi connectivity index (χ4n) is 3.25. The maximum Gasteiger partial charge on any atom is 0.251 e. The first kappa shape index (κ1) is 16.4. The number of nitrogens with one attached hydrogen (secondary N) is 1. The molecule has 2 amide bonds. The Morgan fingerprint density at radius 2 is 1.92 bits per heavy atom. The minimum absolute atomic E-state index is 0.00573. The molecule has 0 aromatic heterocycles. The van der Waals surface area contributed by atoms with Crippen molar-refractivity contribution in [2.75, 3.05) is 18.5 Å². The lowest BCUT2D eigenvalue weighted by Crippen LogP contribution is -2.56. The van der Waals surface area contributed by atoms with Gasteiger partial charge in [0.15, 0.2) is 0 Å². The van der Waals surface area contributed by atoms with Gasteiger partial charge in [0.1, 0.15) is 18.4 Å². The van der Waals surface area contributed by atoms with Crippen LogP contribution in [0.1, 0.15) is 17.5 Å². The van der Waals surface area contributed by atoms with Crippen LogP contribution in [0.3, 0.4) is 0 Å². The Kier molecular flexibility index (Phi) is 4.21. The Labute approximate surface area is 152 Å². The summed E-state index contributed by atoms with van der Waals surface area (Å²) < 4.78 is 5.80. The lowest BCUT2D eigenvalue weighted by Gasteiger charge is -2.39. The zero-order chi connectivity index (χ0) is 18.1. The summed E-state index contributed by atoms with van der Waals surface area (Å²) in [6, 6.07) is 14.7. The van der Waals surface area contributed by atoms with Crippen molar-refractivity contribution in [3.8, 4) is 5.75 Å². The Morgan fingerprint density at radius 3 is 2.62 bits per heavy atom. The van der Waals surface area contributed by atoms with Crippen molar-refractivity contribution in [2.24, 2.45) is 0 Å². The number of fused-ring (bicyclic) bond motifs is 1. The largest absolute Gasteiger partial charge is 0.489 e.